The van der Waals surface area contributed by atoms with Gasteiger partial charge in [0.1, 0.15) is 11.4 Å². The van der Waals surface area contributed by atoms with Crippen LogP contribution in [0.3, 0.4) is 0 Å². The first kappa shape index (κ1) is 24.0. The Labute approximate surface area is 192 Å². The van der Waals surface area contributed by atoms with Gasteiger partial charge in [-0.25, -0.2) is 9.18 Å². The molecule has 0 saturated carbocycles. The molecule has 0 bridgehead atoms. The number of anilines is 2. The molecule has 0 radical (unpaired) electrons. The summed E-state index contributed by atoms with van der Waals surface area (Å²) in [7, 11) is 0. The minimum absolute atomic E-state index is 0.0356. The highest BCUT2D eigenvalue weighted by atomic mass is 19.1. The normalized spacial score (nSPS) is 20.8. The van der Waals surface area contributed by atoms with E-state index in [4.69, 9.17) is 5.73 Å². The van der Waals surface area contributed by atoms with Gasteiger partial charge < -0.3 is 21.1 Å². The standard InChI is InChI=1S/C23H29FN6O3/c1-23(2,3)10-8-18-19(14(12-25)9-11-29(18)22(32)33)30-13-17(20(26)31)21(28-30)27-16-6-4-15(24)5-7-16/h4-7,13-14,18-19H,8-11H2,1-3H3,(H2,26,31)(H,27,28)(H,32,33)/t14-,18?,19-/m0/s1. The Bertz CT molecular complexity index is 1050. The first-order valence-corrected chi connectivity index (χ1v) is 10.8. The molecule has 3 atom stereocenters. The van der Waals surface area contributed by atoms with Crippen LogP contribution in [0.15, 0.2) is 30.5 Å². The number of rotatable bonds is 6. The number of likely N-dealkylation sites (tertiary alicyclic amines) is 1. The Hall–Kier alpha value is -3.61. The number of nitriles is 1. The molecule has 176 valence electrons. The van der Waals surface area contributed by atoms with Crippen LogP contribution in [0.2, 0.25) is 0 Å². The predicted molar refractivity (Wildman–Crippen MR) is 120 cm³/mol. The third-order valence-electron chi connectivity index (χ3n) is 5.90. The number of piperidine rings is 1. The molecular formula is C23H29FN6O3. The lowest BCUT2D eigenvalue weighted by Crippen LogP contribution is -2.52. The van der Waals surface area contributed by atoms with Crippen molar-refractivity contribution < 1.29 is 19.1 Å². The van der Waals surface area contributed by atoms with Crippen LogP contribution < -0.4 is 11.1 Å². The Kier molecular flexibility index (Phi) is 6.91. The summed E-state index contributed by atoms with van der Waals surface area (Å²) in [5, 5.41) is 27.1. The van der Waals surface area contributed by atoms with Crippen molar-refractivity contribution in [2.24, 2.45) is 17.1 Å². The minimum Gasteiger partial charge on any atom is -0.465 e. The monoisotopic (exact) mass is 456 g/mol. The largest absolute Gasteiger partial charge is 0.465 e. The van der Waals surface area contributed by atoms with E-state index in [2.05, 4.69) is 37.3 Å². The van der Waals surface area contributed by atoms with E-state index in [-0.39, 0.29) is 23.3 Å². The molecule has 1 aliphatic heterocycles. The van der Waals surface area contributed by atoms with E-state index in [9.17, 15) is 24.3 Å². The average Bonchev–Trinajstić information content (AvgIpc) is 3.16. The van der Waals surface area contributed by atoms with Gasteiger partial charge in [0.2, 0.25) is 0 Å². The summed E-state index contributed by atoms with van der Waals surface area (Å²) in [4.78, 5) is 25.5. The van der Waals surface area contributed by atoms with E-state index in [1.807, 2.05) is 0 Å². The van der Waals surface area contributed by atoms with Gasteiger partial charge in [-0.15, -0.1) is 0 Å². The lowest BCUT2D eigenvalue weighted by atomic mass is 9.80. The average molecular weight is 457 g/mol. The van der Waals surface area contributed by atoms with Gasteiger partial charge in [-0.05, 0) is 48.9 Å². The highest BCUT2D eigenvalue weighted by Gasteiger charge is 2.42. The number of carbonyl (C=O) groups is 2. The fourth-order valence-electron chi connectivity index (χ4n) is 4.20. The smallest absolute Gasteiger partial charge is 0.407 e. The molecule has 9 nitrogen and oxygen atoms in total. The lowest BCUT2D eigenvalue weighted by molar-refractivity contribution is 0.0522. The fourth-order valence-corrected chi connectivity index (χ4v) is 4.20. The second kappa shape index (κ2) is 9.48. The van der Waals surface area contributed by atoms with Gasteiger partial charge in [-0.3, -0.25) is 9.48 Å². The number of carbonyl (C=O) groups excluding carboxylic acids is 1. The molecular weight excluding hydrogens is 427 g/mol. The number of amides is 2. The highest BCUT2D eigenvalue weighted by molar-refractivity contribution is 5.98. The molecule has 1 unspecified atom stereocenters. The molecule has 33 heavy (non-hydrogen) atoms. The van der Waals surface area contributed by atoms with Crippen LogP contribution in [0.5, 0.6) is 0 Å². The zero-order valence-corrected chi connectivity index (χ0v) is 19.0. The summed E-state index contributed by atoms with van der Waals surface area (Å²) in [6, 6.07) is 6.73. The molecule has 1 aromatic carbocycles. The molecule has 1 aliphatic rings. The number of benzene rings is 1. The van der Waals surface area contributed by atoms with Crippen molar-refractivity contribution in [3.63, 3.8) is 0 Å². The number of halogens is 1. The molecule has 1 fully saturated rings. The molecule has 10 heteroatoms. The predicted octanol–water partition coefficient (Wildman–Crippen LogP) is 4.12. The van der Waals surface area contributed by atoms with Crippen LogP contribution in [-0.4, -0.2) is 44.4 Å². The number of nitrogens with zero attached hydrogens (tertiary/aromatic N) is 4. The zero-order chi connectivity index (χ0) is 24.3. The van der Waals surface area contributed by atoms with Crippen molar-refractivity contribution in [1.29, 1.82) is 5.26 Å². The number of hydrogen-bond donors (Lipinski definition) is 3. The van der Waals surface area contributed by atoms with Gasteiger partial charge in [0.15, 0.2) is 5.82 Å². The van der Waals surface area contributed by atoms with E-state index < -0.39 is 35.8 Å². The summed E-state index contributed by atoms with van der Waals surface area (Å²) in [6.07, 6.45) is 2.03. The Morgan fingerprint density at radius 1 is 1.33 bits per heavy atom. The molecule has 2 aromatic rings. The van der Waals surface area contributed by atoms with Crippen molar-refractivity contribution in [3.05, 3.63) is 41.8 Å². The van der Waals surface area contributed by atoms with Gasteiger partial charge >= 0.3 is 6.09 Å². The molecule has 0 aliphatic carbocycles. The second-order valence-corrected chi connectivity index (χ2v) is 9.53. The van der Waals surface area contributed by atoms with E-state index in [0.717, 1.165) is 6.42 Å². The summed E-state index contributed by atoms with van der Waals surface area (Å²) in [5.74, 6) is -1.47. The van der Waals surface area contributed by atoms with Gasteiger partial charge in [-0.1, -0.05) is 20.8 Å². The van der Waals surface area contributed by atoms with E-state index in [1.165, 1.54) is 40.0 Å². The summed E-state index contributed by atoms with van der Waals surface area (Å²) in [5.41, 5.74) is 6.13. The van der Waals surface area contributed by atoms with E-state index in [0.29, 0.717) is 18.5 Å². The number of carboxylic acid groups (broad SMARTS) is 1. The third kappa shape index (κ3) is 5.61. The molecule has 2 amide bonds. The topological polar surface area (TPSA) is 137 Å². The summed E-state index contributed by atoms with van der Waals surface area (Å²) in [6.45, 7) is 6.47. The third-order valence-corrected chi connectivity index (χ3v) is 5.90. The maximum absolute atomic E-state index is 13.3. The number of nitrogens with one attached hydrogen (secondary N) is 1. The van der Waals surface area contributed by atoms with Gasteiger partial charge in [0, 0.05) is 18.4 Å². The van der Waals surface area contributed by atoms with Crippen LogP contribution in [0.25, 0.3) is 0 Å². The first-order valence-electron chi connectivity index (χ1n) is 10.8. The summed E-state index contributed by atoms with van der Waals surface area (Å²) < 4.78 is 14.7. The maximum atomic E-state index is 13.3. The van der Waals surface area contributed by atoms with Crippen LogP contribution in [-0.2, 0) is 0 Å². The number of aromatic nitrogens is 2. The maximum Gasteiger partial charge on any atom is 0.407 e. The number of primary amides is 1. The van der Waals surface area contributed by atoms with Crippen LogP contribution in [0.1, 0.15) is 56.4 Å². The minimum atomic E-state index is -1.05. The number of nitrogens with two attached hydrogens (primary N) is 1. The molecule has 1 aromatic heterocycles. The Morgan fingerprint density at radius 3 is 2.55 bits per heavy atom. The molecule has 1 saturated heterocycles. The summed E-state index contributed by atoms with van der Waals surface area (Å²) >= 11 is 0. The Balaban J connectivity index is 2.03. The quantitative estimate of drug-likeness (QED) is 0.598. The second-order valence-electron chi connectivity index (χ2n) is 9.53. The van der Waals surface area contributed by atoms with E-state index >= 15 is 0 Å². The molecule has 2 heterocycles. The van der Waals surface area contributed by atoms with Crippen molar-refractivity contribution in [2.45, 2.75) is 52.1 Å². The van der Waals surface area contributed by atoms with Crippen molar-refractivity contribution in [3.8, 4) is 6.07 Å². The van der Waals surface area contributed by atoms with Gasteiger partial charge in [-0.2, -0.15) is 10.4 Å². The first-order chi connectivity index (χ1) is 15.5. The fraction of sp³-hybridized carbons (Fsp3) is 0.478. The lowest BCUT2D eigenvalue weighted by Gasteiger charge is -2.43. The molecule has 4 N–H and O–H groups in total. The number of hydrogen-bond acceptors (Lipinski definition) is 5. The zero-order valence-electron chi connectivity index (χ0n) is 19.0. The van der Waals surface area contributed by atoms with E-state index in [1.54, 1.807) is 0 Å². The molecule has 3 rings (SSSR count). The van der Waals surface area contributed by atoms with Crippen molar-refractivity contribution in [1.82, 2.24) is 14.7 Å². The van der Waals surface area contributed by atoms with Crippen molar-refractivity contribution >= 4 is 23.5 Å². The highest BCUT2D eigenvalue weighted by Crippen LogP contribution is 2.38. The van der Waals surface area contributed by atoms with Crippen molar-refractivity contribution in [2.75, 3.05) is 11.9 Å². The van der Waals surface area contributed by atoms with Crippen LogP contribution >= 0.6 is 0 Å². The SMILES string of the molecule is CC(C)(C)CCC1[C@@H](n2cc(C(N)=O)c(Nc3ccc(F)cc3)n2)[C@H](C#N)CCN1C(=O)O. The Morgan fingerprint density at radius 2 is 2.00 bits per heavy atom. The van der Waals surface area contributed by atoms with Crippen LogP contribution in [0, 0.1) is 28.5 Å². The van der Waals surface area contributed by atoms with Crippen LogP contribution in [0.4, 0.5) is 20.7 Å². The van der Waals surface area contributed by atoms with Gasteiger partial charge in [0.25, 0.3) is 5.91 Å². The van der Waals surface area contributed by atoms with Gasteiger partial charge in [0.05, 0.1) is 24.1 Å². The molecule has 0 spiro atoms.